The Morgan fingerprint density at radius 3 is 2.72 bits per heavy atom. The molecule has 0 spiro atoms. The molecule has 4 rings (SSSR count). The Morgan fingerprint density at radius 1 is 1.17 bits per heavy atom. The van der Waals surface area contributed by atoms with Gasteiger partial charge in [0.15, 0.2) is 0 Å². The first-order chi connectivity index (χ1) is 14.0. The predicted molar refractivity (Wildman–Crippen MR) is 115 cm³/mol. The second-order valence-corrected chi connectivity index (χ2v) is 7.56. The van der Waals surface area contributed by atoms with Crippen LogP contribution in [0.5, 0.6) is 5.75 Å². The fourth-order valence-corrected chi connectivity index (χ4v) is 3.72. The number of nitrogens with one attached hydrogen (secondary N) is 1. The molecule has 2 aromatic carbocycles. The number of nitrogens with zero attached hydrogens (tertiary/aromatic N) is 3. The fraction of sp³-hybridized carbons (Fsp3) is 0.0952. The highest BCUT2D eigenvalue weighted by Crippen LogP contribution is 2.28. The standard InChI is InChI=1S/C21H17ClN4O2S/c1-13-10-19(24-20(27)14-6-8-16(22)9-7-14)26(25-13)21-23-18(12-29-21)15-4-3-5-17(11-15)28-2/h3-12H,1-2H3,(H,24,27). The van der Waals surface area contributed by atoms with Gasteiger partial charge in [-0.15, -0.1) is 11.3 Å². The lowest BCUT2D eigenvalue weighted by Gasteiger charge is -2.07. The van der Waals surface area contributed by atoms with Crippen molar-refractivity contribution in [3.05, 3.63) is 76.3 Å². The van der Waals surface area contributed by atoms with E-state index in [1.807, 2.05) is 36.6 Å². The maximum absolute atomic E-state index is 12.6. The number of hydrogen-bond donors (Lipinski definition) is 1. The number of aromatic nitrogens is 3. The van der Waals surface area contributed by atoms with E-state index >= 15 is 0 Å². The Kier molecular flexibility index (Phi) is 5.33. The molecule has 0 fully saturated rings. The van der Waals surface area contributed by atoms with Crippen LogP contribution in [0.25, 0.3) is 16.4 Å². The van der Waals surface area contributed by atoms with Gasteiger partial charge in [-0.25, -0.2) is 4.98 Å². The van der Waals surface area contributed by atoms with Crippen molar-refractivity contribution in [2.75, 3.05) is 12.4 Å². The van der Waals surface area contributed by atoms with E-state index in [9.17, 15) is 4.79 Å². The summed E-state index contributed by atoms with van der Waals surface area (Å²) in [5.74, 6) is 1.07. The Bertz CT molecular complexity index is 1170. The first-order valence-electron chi connectivity index (χ1n) is 8.77. The predicted octanol–water partition coefficient (Wildman–Crippen LogP) is 5.22. The largest absolute Gasteiger partial charge is 0.497 e. The Hall–Kier alpha value is -3.16. The molecule has 0 unspecified atom stereocenters. The van der Waals surface area contributed by atoms with Crippen molar-refractivity contribution < 1.29 is 9.53 Å². The number of ether oxygens (including phenoxy) is 1. The van der Waals surface area contributed by atoms with E-state index < -0.39 is 0 Å². The van der Waals surface area contributed by atoms with Gasteiger partial charge in [-0.2, -0.15) is 9.78 Å². The van der Waals surface area contributed by atoms with Gasteiger partial charge in [-0.1, -0.05) is 23.7 Å². The summed E-state index contributed by atoms with van der Waals surface area (Å²) in [4.78, 5) is 17.3. The van der Waals surface area contributed by atoms with Crippen LogP contribution in [0.1, 0.15) is 16.1 Å². The number of amides is 1. The van der Waals surface area contributed by atoms with Gasteiger partial charge in [0.05, 0.1) is 18.5 Å². The quantitative estimate of drug-likeness (QED) is 0.477. The third kappa shape index (κ3) is 4.16. The van der Waals surface area contributed by atoms with E-state index in [0.717, 1.165) is 22.7 Å². The van der Waals surface area contributed by atoms with Crippen LogP contribution in [0.2, 0.25) is 5.02 Å². The summed E-state index contributed by atoms with van der Waals surface area (Å²) in [6.07, 6.45) is 0. The zero-order valence-corrected chi connectivity index (χ0v) is 17.3. The summed E-state index contributed by atoms with van der Waals surface area (Å²) < 4.78 is 6.92. The van der Waals surface area contributed by atoms with Crippen molar-refractivity contribution in [2.24, 2.45) is 0 Å². The molecule has 0 saturated heterocycles. The molecule has 29 heavy (non-hydrogen) atoms. The summed E-state index contributed by atoms with van der Waals surface area (Å²) >= 11 is 7.34. The van der Waals surface area contributed by atoms with Crippen LogP contribution in [0.15, 0.2) is 60.0 Å². The Morgan fingerprint density at radius 2 is 1.97 bits per heavy atom. The maximum atomic E-state index is 12.6. The molecule has 1 amide bonds. The summed E-state index contributed by atoms with van der Waals surface area (Å²) in [7, 11) is 1.63. The molecule has 4 aromatic rings. The second-order valence-electron chi connectivity index (χ2n) is 6.29. The van der Waals surface area contributed by atoms with E-state index in [1.54, 1.807) is 42.1 Å². The van der Waals surface area contributed by atoms with Crippen molar-refractivity contribution in [1.82, 2.24) is 14.8 Å². The number of methoxy groups -OCH3 is 1. The molecular weight excluding hydrogens is 408 g/mol. The average Bonchev–Trinajstić information content (AvgIpc) is 3.35. The van der Waals surface area contributed by atoms with E-state index in [2.05, 4.69) is 15.4 Å². The molecule has 146 valence electrons. The number of hydrogen-bond acceptors (Lipinski definition) is 5. The first kappa shape index (κ1) is 19.2. The maximum Gasteiger partial charge on any atom is 0.256 e. The first-order valence-corrected chi connectivity index (χ1v) is 10.0. The van der Waals surface area contributed by atoms with Crippen LogP contribution in [0.4, 0.5) is 5.82 Å². The number of anilines is 1. The second kappa shape index (κ2) is 8.06. The lowest BCUT2D eigenvalue weighted by molar-refractivity contribution is 0.102. The molecule has 2 aromatic heterocycles. The SMILES string of the molecule is COc1cccc(-c2csc(-n3nc(C)cc3NC(=O)c3ccc(Cl)cc3)n2)c1. The number of carbonyl (C=O) groups is 1. The number of rotatable bonds is 5. The molecule has 8 heteroatoms. The van der Waals surface area contributed by atoms with Crippen LogP contribution < -0.4 is 10.1 Å². The van der Waals surface area contributed by atoms with E-state index in [-0.39, 0.29) is 5.91 Å². The molecule has 0 aliphatic rings. The molecule has 0 atom stereocenters. The zero-order chi connectivity index (χ0) is 20.4. The molecular formula is C21H17ClN4O2S. The smallest absolute Gasteiger partial charge is 0.256 e. The molecule has 0 aliphatic heterocycles. The van der Waals surface area contributed by atoms with Gasteiger partial charge in [0.25, 0.3) is 5.91 Å². The molecule has 6 nitrogen and oxygen atoms in total. The minimum atomic E-state index is -0.243. The number of benzene rings is 2. The fourth-order valence-electron chi connectivity index (χ4n) is 2.80. The van der Waals surface area contributed by atoms with Crippen molar-refractivity contribution >= 4 is 34.7 Å². The molecule has 0 aliphatic carbocycles. The van der Waals surface area contributed by atoms with Gasteiger partial charge >= 0.3 is 0 Å². The van der Waals surface area contributed by atoms with E-state index in [1.165, 1.54) is 11.3 Å². The molecule has 0 saturated carbocycles. The topological polar surface area (TPSA) is 69.0 Å². The van der Waals surface area contributed by atoms with Gasteiger partial charge in [0.1, 0.15) is 11.6 Å². The normalized spacial score (nSPS) is 10.7. The van der Waals surface area contributed by atoms with Crippen LogP contribution in [0, 0.1) is 6.92 Å². The highest BCUT2D eigenvalue weighted by atomic mass is 35.5. The number of halogens is 1. The summed E-state index contributed by atoms with van der Waals surface area (Å²) in [6, 6.07) is 16.2. The summed E-state index contributed by atoms with van der Waals surface area (Å²) in [6.45, 7) is 1.87. The number of carbonyl (C=O) groups excluding carboxylic acids is 1. The molecule has 0 bridgehead atoms. The van der Waals surface area contributed by atoms with Crippen LogP contribution >= 0.6 is 22.9 Å². The lowest BCUT2D eigenvalue weighted by atomic mass is 10.2. The van der Waals surface area contributed by atoms with Gasteiger partial charge < -0.3 is 10.1 Å². The van der Waals surface area contributed by atoms with E-state index in [4.69, 9.17) is 16.3 Å². The zero-order valence-electron chi connectivity index (χ0n) is 15.7. The molecule has 2 heterocycles. The van der Waals surface area contributed by atoms with Gasteiger partial charge in [-0.05, 0) is 43.3 Å². The minimum Gasteiger partial charge on any atom is -0.497 e. The van der Waals surface area contributed by atoms with Gasteiger partial charge in [-0.3, -0.25) is 4.79 Å². The molecule has 1 N–H and O–H groups in total. The highest BCUT2D eigenvalue weighted by molar-refractivity contribution is 7.12. The number of aryl methyl sites for hydroxylation is 1. The molecule has 0 radical (unpaired) electrons. The van der Waals surface area contributed by atoms with Gasteiger partial charge in [0, 0.05) is 27.6 Å². The number of thiazole rings is 1. The van der Waals surface area contributed by atoms with Crippen molar-refractivity contribution in [1.29, 1.82) is 0 Å². The van der Waals surface area contributed by atoms with Crippen LogP contribution in [-0.2, 0) is 0 Å². The lowest BCUT2D eigenvalue weighted by Crippen LogP contribution is -2.15. The Balaban J connectivity index is 1.62. The van der Waals surface area contributed by atoms with Crippen LogP contribution in [0.3, 0.4) is 0 Å². The average molecular weight is 425 g/mol. The minimum absolute atomic E-state index is 0.243. The summed E-state index contributed by atoms with van der Waals surface area (Å²) in [5.41, 5.74) is 3.04. The monoisotopic (exact) mass is 424 g/mol. The third-order valence-corrected chi connectivity index (χ3v) is 5.29. The van der Waals surface area contributed by atoms with Crippen molar-refractivity contribution in [2.45, 2.75) is 6.92 Å². The van der Waals surface area contributed by atoms with Crippen molar-refractivity contribution in [3.8, 4) is 22.1 Å². The van der Waals surface area contributed by atoms with Gasteiger partial charge in [0.2, 0.25) is 5.13 Å². The third-order valence-electron chi connectivity index (χ3n) is 4.22. The van der Waals surface area contributed by atoms with Crippen molar-refractivity contribution in [3.63, 3.8) is 0 Å². The van der Waals surface area contributed by atoms with E-state index in [0.29, 0.717) is 21.5 Å². The summed E-state index contributed by atoms with van der Waals surface area (Å²) in [5, 5.41) is 10.6. The van der Waals surface area contributed by atoms with Crippen LogP contribution in [-0.4, -0.2) is 27.8 Å². The Labute approximate surface area is 176 Å². The highest BCUT2D eigenvalue weighted by Gasteiger charge is 2.15.